The van der Waals surface area contributed by atoms with Gasteiger partial charge >= 0.3 is 0 Å². The SMILES string of the molecule is CC(NCC(N)=NO)c1ccccn1. The van der Waals surface area contributed by atoms with Crippen molar-refractivity contribution in [2.45, 2.75) is 13.0 Å². The molecule has 0 amide bonds. The molecule has 0 saturated carbocycles. The zero-order chi connectivity index (χ0) is 10.4. The number of pyridine rings is 1. The minimum atomic E-state index is 0.0801. The summed E-state index contributed by atoms with van der Waals surface area (Å²) >= 11 is 0. The fraction of sp³-hybridized carbons (Fsp3) is 0.333. The summed E-state index contributed by atoms with van der Waals surface area (Å²) in [5, 5.41) is 14.3. The van der Waals surface area contributed by atoms with E-state index in [1.807, 2.05) is 25.1 Å². The maximum Gasteiger partial charge on any atom is 0.153 e. The molecule has 0 fully saturated rings. The van der Waals surface area contributed by atoms with Crippen LogP contribution in [0.25, 0.3) is 0 Å². The van der Waals surface area contributed by atoms with Crippen molar-refractivity contribution >= 4 is 5.84 Å². The second-order valence-electron chi connectivity index (χ2n) is 2.95. The first kappa shape index (κ1) is 10.5. The van der Waals surface area contributed by atoms with E-state index in [1.165, 1.54) is 0 Å². The van der Waals surface area contributed by atoms with Crippen molar-refractivity contribution in [1.82, 2.24) is 10.3 Å². The zero-order valence-electron chi connectivity index (χ0n) is 8.01. The molecule has 1 rings (SSSR count). The van der Waals surface area contributed by atoms with Crippen LogP contribution in [0.3, 0.4) is 0 Å². The first-order valence-corrected chi connectivity index (χ1v) is 4.34. The van der Waals surface area contributed by atoms with Gasteiger partial charge in [0.25, 0.3) is 0 Å². The van der Waals surface area contributed by atoms with Crippen LogP contribution in [0.4, 0.5) is 0 Å². The molecule has 0 spiro atoms. The van der Waals surface area contributed by atoms with Crippen LogP contribution in [0.15, 0.2) is 29.6 Å². The summed E-state index contributed by atoms with van der Waals surface area (Å²) < 4.78 is 0. The highest BCUT2D eigenvalue weighted by molar-refractivity contribution is 5.81. The van der Waals surface area contributed by atoms with Gasteiger partial charge in [-0.15, -0.1) is 0 Å². The number of nitrogens with one attached hydrogen (secondary N) is 1. The van der Waals surface area contributed by atoms with E-state index >= 15 is 0 Å². The highest BCUT2D eigenvalue weighted by Gasteiger charge is 2.05. The normalized spacial score (nSPS) is 13.9. The molecule has 0 aliphatic rings. The largest absolute Gasteiger partial charge is 0.409 e. The third-order valence-electron chi connectivity index (χ3n) is 1.85. The fourth-order valence-electron chi connectivity index (χ4n) is 1.03. The molecule has 0 bridgehead atoms. The van der Waals surface area contributed by atoms with E-state index in [1.54, 1.807) is 6.20 Å². The van der Waals surface area contributed by atoms with Crippen LogP contribution < -0.4 is 11.1 Å². The van der Waals surface area contributed by atoms with Gasteiger partial charge in [0.2, 0.25) is 0 Å². The first-order chi connectivity index (χ1) is 6.74. The van der Waals surface area contributed by atoms with Gasteiger partial charge in [-0.1, -0.05) is 11.2 Å². The molecule has 0 aliphatic heterocycles. The summed E-state index contributed by atoms with van der Waals surface area (Å²) in [4.78, 5) is 4.18. The first-order valence-electron chi connectivity index (χ1n) is 4.34. The van der Waals surface area contributed by atoms with E-state index in [9.17, 15) is 0 Å². The zero-order valence-corrected chi connectivity index (χ0v) is 8.01. The Kier molecular flexibility index (Phi) is 3.87. The Labute approximate surface area is 82.6 Å². The van der Waals surface area contributed by atoms with E-state index in [2.05, 4.69) is 15.5 Å². The average Bonchev–Trinajstić information content (AvgIpc) is 2.26. The molecule has 5 heteroatoms. The molecule has 76 valence electrons. The Bertz CT molecular complexity index is 299. The molecule has 1 heterocycles. The van der Waals surface area contributed by atoms with E-state index in [0.29, 0.717) is 6.54 Å². The van der Waals surface area contributed by atoms with Gasteiger partial charge in [0.1, 0.15) is 0 Å². The summed E-state index contributed by atoms with van der Waals surface area (Å²) in [5.74, 6) is 0.160. The molecule has 0 radical (unpaired) electrons. The van der Waals surface area contributed by atoms with Gasteiger partial charge < -0.3 is 16.3 Å². The van der Waals surface area contributed by atoms with Gasteiger partial charge in [0.05, 0.1) is 12.2 Å². The minimum Gasteiger partial charge on any atom is -0.409 e. The fourth-order valence-corrected chi connectivity index (χ4v) is 1.03. The Morgan fingerprint density at radius 2 is 2.50 bits per heavy atom. The van der Waals surface area contributed by atoms with Crippen LogP contribution in [0, 0.1) is 0 Å². The van der Waals surface area contributed by atoms with Crippen LogP contribution in [-0.4, -0.2) is 22.6 Å². The molecule has 14 heavy (non-hydrogen) atoms. The number of rotatable bonds is 4. The smallest absolute Gasteiger partial charge is 0.153 e. The van der Waals surface area contributed by atoms with Crippen LogP contribution in [-0.2, 0) is 0 Å². The number of aromatic nitrogens is 1. The van der Waals surface area contributed by atoms with E-state index < -0.39 is 0 Å². The Morgan fingerprint density at radius 1 is 1.71 bits per heavy atom. The molecule has 5 nitrogen and oxygen atoms in total. The lowest BCUT2D eigenvalue weighted by Crippen LogP contribution is -2.31. The highest BCUT2D eigenvalue weighted by Crippen LogP contribution is 2.06. The van der Waals surface area contributed by atoms with Crippen LogP contribution >= 0.6 is 0 Å². The quantitative estimate of drug-likeness (QED) is 0.282. The van der Waals surface area contributed by atoms with Crippen molar-refractivity contribution in [3.8, 4) is 0 Å². The predicted octanol–water partition coefficient (Wildman–Crippen LogP) is 0.479. The van der Waals surface area contributed by atoms with E-state index in [-0.39, 0.29) is 11.9 Å². The summed E-state index contributed by atoms with van der Waals surface area (Å²) in [6.45, 7) is 2.31. The van der Waals surface area contributed by atoms with Gasteiger partial charge in [-0.3, -0.25) is 4.98 Å². The Balaban J connectivity index is 2.47. The third kappa shape index (κ3) is 3.02. The van der Waals surface area contributed by atoms with Gasteiger partial charge in [0, 0.05) is 12.2 Å². The molecule has 1 aromatic rings. The molecule has 1 unspecified atom stereocenters. The van der Waals surface area contributed by atoms with Gasteiger partial charge in [-0.05, 0) is 19.1 Å². The van der Waals surface area contributed by atoms with Crippen molar-refractivity contribution in [1.29, 1.82) is 0 Å². The van der Waals surface area contributed by atoms with Gasteiger partial charge in [-0.25, -0.2) is 0 Å². The molecule has 0 saturated heterocycles. The number of hydrogen-bond acceptors (Lipinski definition) is 4. The number of hydrogen-bond donors (Lipinski definition) is 3. The van der Waals surface area contributed by atoms with Gasteiger partial charge in [-0.2, -0.15) is 0 Å². The molecular weight excluding hydrogens is 180 g/mol. The third-order valence-corrected chi connectivity index (χ3v) is 1.85. The number of amidine groups is 1. The average molecular weight is 194 g/mol. The summed E-state index contributed by atoms with van der Waals surface area (Å²) in [6.07, 6.45) is 1.73. The standard InChI is InChI=1S/C9H14N4O/c1-7(12-6-9(10)13-14)8-4-2-3-5-11-8/h2-5,7,12,14H,6H2,1H3,(H2,10,13). The van der Waals surface area contributed by atoms with E-state index in [0.717, 1.165) is 5.69 Å². The predicted molar refractivity (Wildman–Crippen MR) is 54.1 cm³/mol. The maximum atomic E-state index is 8.33. The summed E-state index contributed by atoms with van der Waals surface area (Å²) in [7, 11) is 0. The highest BCUT2D eigenvalue weighted by atomic mass is 16.4. The minimum absolute atomic E-state index is 0.0801. The molecule has 0 aliphatic carbocycles. The molecule has 0 aromatic carbocycles. The van der Waals surface area contributed by atoms with Crippen molar-refractivity contribution in [3.63, 3.8) is 0 Å². The molecule has 4 N–H and O–H groups in total. The van der Waals surface area contributed by atoms with Crippen molar-refractivity contribution in [3.05, 3.63) is 30.1 Å². The summed E-state index contributed by atoms with van der Waals surface area (Å²) in [6, 6.07) is 5.78. The number of nitrogens with zero attached hydrogens (tertiary/aromatic N) is 2. The second-order valence-corrected chi connectivity index (χ2v) is 2.95. The van der Waals surface area contributed by atoms with Gasteiger partial charge in [0.15, 0.2) is 5.84 Å². The second kappa shape index (κ2) is 5.18. The van der Waals surface area contributed by atoms with Crippen LogP contribution in [0.5, 0.6) is 0 Å². The van der Waals surface area contributed by atoms with Crippen LogP contribution in [0.2, 0.25) is 0 Å². The van der Waals surface area contributed by atoms with E-state index in [4.69, 9.17) is 10.9 Å². The summed E-state index contributed by atoms with van der Waals surface area (Å²) in [5.41, 5.74) is 6.25. The Hall–Kier alpha value is -1.62. The maximum absolute atomic E-state index is 8.33. The van der Waals surface area contributed by atoms with Crippen LogP contribution in [0.1, 0.15) is 18.7 Å². The van der Waals surface area contributed by atoms with Crippen molar-refractivity contribution in [2.75, 3.05) is 6.54 Å². The lowest BCUT2D eigenvalue weighted by molar-refractivity contribution is 0.316. The number of oxime groups is 1. The molecule has 1 atom stereocenters. The topological polar surface area (TPSA) is 83.5 Å². The lowest BCUT2D eigenvalue weighted by Gasteiger charge is -2.11. The molecular formula is C9H14N4O. The van der Waals surface area contributed by atoms with Crippen molar-refractivity contribution < 1.29 is 5.21 Å². The Morgan fingerprint density at radius 3 is 3.07 bits per heavy atom. The number of nitrogens with two attached hydrogens (primary N) is 1. The van der Waals surface area contributed by atoms with Crippen molar-refractivity contribution in [2.24, 2.45) is 10.9 Å². The monoisotopic (exact) mass is 194 g/mol. The lowest BCUT2D eigenvalue weighted by atomic mass is 10.2. The molecule has 1 aromatic heterocycles.